The monoisotopic (exact) mass is 832 g/mol. The van der Waals surface area contributed by atoms with Crippen molar-refractivity contribution in [3.05, 3.63) is 97.2 Å². The van der Waals surface area contributed by atoms with Crippen LogP contribution in [0.5, 0.6) is 0 Å². The molecular weight excluding hydrogens is 759 g/mol. The lowest BCUT2D eigenvalue weighted by Crippen LogP contribution is -2.30. The average molecular weight is 833 g/mol. The molecule has 0 aliphatic rings. The third-order valence-corrected chi connectivity index (χ3v) is 9.14. The van der Waals surface area contributed by atoms with E-state index in [0.29, 0.717) is 12.8 Å². The summed E-state index contributed by atoms with van der Waals surface area (Å²) in [5.41, 5.74) is 0. The normalized spacial score (nSPS) is 14.7. The molecule has 0 aromatic carbocycles. The van der Waals surface area contributed by atoms with E-state index in [1.165, 1.54) is 44.6 Å². The maximum atomic E-state index is 12.6. The molecule has 0 saturated heterocycles. The van der Waals surface area contributed by atoms with Crippen molar-refractivity contribution in [3.8, 4) is 0 Å². The molecule has 0 rings (SSSR count). The summed E-state index contributed by atoms with van der Waals surface area (Å²) in [7, 11) is -4.70. The van der Waals surface area contributed by atoms with Gasteiger partial charge in [-0.2, -0.15) is 0 Å². The van der Waals surface area contributed by atoms with Gasteiger partial charge < -0.3 is 24.6 Å². The molecule has 0 saturated carbocycles. The summed E-state index contributed by atoms with van der Waals surface area (Å²) in [6, 6.07) is 0. The molecule has 3 N–H and O–H groups in total. The quantitative estimate of drug-likeness (QED) is 0.0135. The van der Waals surface area contributed by atoms with Gasteiger partial charge in [0.05, 0.1) is 19.8 Å². The number of allylic oxidation sites excluding steroid dienone is 16. The predicted octanol–water partition coefficient (Wildman–Crippen LogP) is 10.4. The van der Waals surface area contributed by atoms with Gasteiger partial charge in [0.15, 0.2) is 11.9 Å². The van der Waals surface area contributed by atoms with Crippen molar-refractivity contribution < 1.29 is 52.6 Å². The molecule has 1 unspecified atom stereocenters. The highest BCUT2D eigenvalue weighted by Gasteiger charge is 2.27. The first-order valence-corrected chi connectivity index (χ1v) is 22.6. The standard InChI is InChI=1S/C46H73O11P/c1-3-5-7-9-11-13-15-17-18-19-20-22-24-26-28-30-32-36-45(50)54-40-44(41-56-58(52,53)55-39-43(49)38-47)57-46(51)37-33-35-42(48)34-31-29-27-25-23-21-16-14-12-10-8-6-4-2/h11-14,17-18,20-23,26-29,31,34,43-44,47,49H,3-10,15-16,19,24-25,30,32-33,35-41H2,1-2H3,(H,52,53)/b13-11-,14-12-,18-17-,22-20-,23-21-,28-26-,29-27-,34-31+/t43-,44+/m0/s1. The Morgan fingerprint density at radius 3 is 1.59 bits per heavy atom. The number of unbranched alkanes of at least 4 members (excludes halogenated alkanes) is 7. The number of aliphatic hydroxyl groups excluding tert-OH is 2. The number of ether oxygens (including phenoxy) is 2. The summed E-state index contributed by atoms with van der Waals surface area (Å²) < 4.78 is 32.4. The first-order valence-electron chi connectivity index (χ1n) is 21.1. The van der Waals surface area contributed by atoms with E-state index >= 15 is 0 Å². The summed E-state index contributed by atoms with van der Waals surface area (Å²) in [5, 5.41) is 18.3. The number of hydrogen-bond acceptors (Lipinski definition) is 10. The fraction of sp³-hybridized carbons (Fsp3) is 0.587. The highest BCUT2D eigenvalue weighted by Crippen LogP contribution is 2.43. The van der Waals surface area contributed by atoms with Gasteiger partial charge >= 0.3 is 19.8 Å². The van der Waals surface area contributed by atoms with Crippen molar-refractivity contribution in [2.45, 2.75) is 148 Å². The maximum Gasteiger partial charge on any atom is 0.472 e. The third-order valence-electron chi connectivity index (χ3n) is 8.19. The van der Waals surface area contributed by atoms with E-state index in [9.17, 15) is 28.9 Å². The van der Waals surface area contributed by atoms with E-state index in [-0.39, 0.29) is 31.5 Å². The SMILES string of the molecule is CCCCC/C=C\C/C=C\C/C=C\C=C\C(=O)CCCC(=O)O[C@H](COC(=O)CCC/C=C\C/C=C\C/C=C\C/C=C\CCCCC)COP(=O)(O)OC[C@@H](O)CO. The van der Waals surface area contributed by atoms with E-state index in [0.717, 1.165) is 44.9 Å². The van der Waals surface area contributed by atoms with E-state index in [4.69, 9.17) is 19.1 Å². The minimum Gasteiger partial charge on any atom is -0.462 e. The van der Waals surface area contributed by atoms with Gasteiger partial charge in [0.2, 0.25) is 0 Å². The number of phosphoric ester groups is 1. The molecule has 328 valence electrons. The van der Waals surface area contributed by atoms with Crippen LogP contribution in [0.25, 0.3) is 0 Å². The van der Waals surface area contributed by atoms with Crippen molar-refractivity contribution in [1.82, 2.24) is 0 Å². The van der Waals surface area contributed by atoms with Gasteiger partial charge in [0, 0.05) is 19.3 Å². The number of phosphoric acid groups is 1. The molecule has 12 heteroatoms. The molecule has 0 aromatic rings. The molecule has 0 aliphatic heterocycles. The molecule has 0 amide bonds. The number of hydrogen-bond donors (Lipinski definition) is 3. The Bertz CT molecular complexity index is 1340. The molecule has 0 fully saturated rings. The Hall–Kier alpha value is -3.44. The first kappa shape index (κ1) is 54.6. The Kier molecular flexibility index (Phi) is 38.0. The second kappa shape index (κ2) is 40.3. The van der Waals surface area contributed by atoms with Crippen molar-refractivity contribution in [2.75, 3.05) is 26.4 Å². The summed E-state index contributed by atoms with van der Waals surface area (Å²) in [6.07, 6.45) is 45.3. The van der Waals surface area contributed by atoms with E-state index in [2.05, 4.69) is 79.1 Å². The molecule has 0 heterocycles. The lowest BCUT2D eigenvalue weighted by atomic mass is 10.1. The second-order valence-corrected chi connectivity index (χ2v) is 15.1. The number of ketones is 1. The zero-order valence-electron chi connectivity index (χ0n) is 35.2. The van der Waals surface area contributed by atoms with E-state index < -0.39 is 58.4 Å². The Balaban J connectivity index is 4.63. The molecule has 3 atom stereocenters. The fourth-order valence-corrected chi connectivity index (χ4v) is 5.67. The summed E-state index contributed by atoms with van der Waals surface area (Å²) in [4.78, 5) is 47.2. The fourth-order valence-electron chi connectivity index (χ4n) is 4.88. The third kappa shape index (κ3) is 39.4. The maximum absolute atomic E-state index is 12.6. The zero-order chi connectivity index (χ0) is 42.8. The van der Waals surface area contributed by atoms with Crippen LogP contribution in [-0.2, 0) is 37.5 Å². The number of aliphatic hydroxyl groups is 2. The van der Waals surface area contributed by atoms with Crippen molar-refractivity contribution in [2.24, 2.45) is 0 Å². The molecule has 0 radical (unpaired) electrons. The van der Waals surface area contributed by atoms with Gasteiger partial charge in [-0.25, -0.2) is 4.57 Å². The second-order valence-electron chi connectivity index (χ2n) is 13.7. The van der Waals surface area contributed by atoms with Crippen molar-refractivity contribution >= 4 is 25.5 Å². The first-order chi connectivity index (χ1) is 28.1. The minimum absolute atomic E-state index is 0.104. The highest BCUT2D eigenvalue weighted by molar-refractivity contribution is 7.47. The van der Waals surface area contributed by atoms with Crippen molar-refractivity contribution in [3.63, 3.8) is 0 Å². The molecule has 58 heavy (non-hydrogen) atoms. The number of rotatable bonds is 38. The molecule has 0 spiro atoms. The zero-order valence-corrected chi connectivity index (χ0v) is 36.1. The molecular formula is C46H73O11P. The van der Waals surface area contributed by atoms with Crippen LogP contribution in [0.1, 0.15) is 136 Å². The largest absolute Gasteiger partial charge is 0.472 e. The van der Waals surface area contributed by atoms with Crippen LogP contribution >= 0.6 is 7.82 Å². The lowest BCUT2D eigenvalue weighted by Gasteiger charge is -2.20. The summed E-state index contributed by atoms with van der Waals surface area (Å²) >= 11 is 0. The Labute approximate surface area is 349 Å². The molecule has 11 nitrogen and oxygen atoms in total. The summed E-state index contributed by atoms with van der Waals surface area (Å²) in [6.45, 7) is 1.95. The van der Waals surface area contributed by atoms with Crippen LogP contribution in [0.15, 0.2) is 97.2 Å². The van der Waals surface area contributed by atoms with Crippen LogP contribution in [-0.4, -0.2) is 71.5 Å². The molecule has 0 aliphatic carbocycles. The molecule has 0 bridgehead atoms. The lowest BCUT2D eigenvalue weighted by molar-refractivity contribution is -0.161. The Morgan fingerprint density at radius 1 is 0.569 bits per heavy atom. The smallest absolute Gasteiger partial charge is 0.462 e. The average Bonchev–Trinajstić information content (AvgIpc) is 3.20. The minimum atomic E-state index is -4.70. The van der Waals surface area contributed by atoms with E-state index in [1.807, 2.05) is 18.2 Å². The van der Waals surface area contributed by atoms with Gasteiger partial charge in [0.25, 0.3) is 0 Å². The summed E-state index contributed by atoms with van der Waals surface area (Å²) in [5.74, 6) is -1.42. The van der Waals surface area contributed by atoms with Crippen LogP contribution in [0.3, 0.4) is 0 Å². The number of esters is 2. The Morgan fingerprint density at radius 2 is 1.05 bits per heavy atom. The highest BCUT2D eigenvalue weighted by atomic mass is 31.2. The van der Waals surface area contributed by atoms with Crippen LogP contribution in [0, 0.1) is 0 Å². The molecule has 0 aromatic heterocycles. The topological polar surface area (TPSA) is 166 Å². The van der Waals surface area contributed by atoms with Gasteiger partial charge in [0.1, 0.15) is 12.7 Å². The van der Waals surface area contributed by atoms with Crippen LogP contribution in [0.4, 0.5) is 0 Å². The van der Waals surface area contributed by atoms with Gasteiger partial charge in [-0.3, -0.25) is 23.4 Å². The van der Waals surface area contributed by atoms with Gasteiger partial charge in [-0.05, 0) is 83.1 Å². The van der Waals surface area contributed by atoms with Crippen LogP contribution in [0.2, 0.25) is 0 Å². The van der Waals surface area contributed by atoms with Gasteiger partial charge in [-0.15, -0.1) is 0 Å². The van der Waals surface area contributed by atoms with E-state index in [1.54, 1.807) is 12.2 Å². The number of carbonyl (C=O) groups is 3. The van der Waals surface area contributed by atoms with Crippen LogP contribution < -0.4 is 0 Å². The van der Waals surface area contributed by atoms with Crippen molar-refractivity contribution in [1.29, 1.82) is 0 Å². The van der Waals surface area contributed by atoms with Gasteiger partial charge in [-0.1, -0.05) is 131 Å². The predicted molar refractivity (Wildman–Crippen MR) is 233 cm³/mol. The number of carbonyl (C=O) groups excluding carboxylic acids is 3.